The van der Waals surface area contributed by atoms with Crippen molar-refractivity contribution in [1.82, 2.24) is 0 Å². The van der Waals surface area contributed by atoms with E-state index in [1.807, 2.05) is 6.92 Å². The molecule has 5 heterocycles. The molecule has 0 unspecified atom stereocenters. The molecule has 27 heteroatoms. The average Bonchev–Trinajstić information content (AvgIpc) is 1.64. The summed E-state index contributed by atoms with van der Waals surface area (Å²) in [6, 6.07) is 0. The number of carbonyl (C=O) groups is 3. The van der Waals surface area contributed by atoms with Crippen molar-refractivity contribution >= 4 is 17.9 Å². The van der Waals surface area contributed by atoms with E-state index in [1.165, 1.54) is 6.92 Å². The molecule has 11 N–H and O–H groups in total. The summed E-state index contributed by atoms with van der Waals surface area (Å²) in [5.74, 6) is -3.06. The largest absolute Gasteiger partial charge is 0.463 e. The van der Waals surface area contributed by atoms with Crippen LogP contribution in [0.15, 0.2) is 11.6 Å². The first-order valence-corrected chi connectivity index (χ1v) is 30.1. The topological polar surface area (TPSA) is 394 Å². The van der Waals surface area contributed by atoms with Crippen LogP contribution in [0.3, 0.4) is 0 Å². The zero-order valence-corrected chi connectivity index (χ0v) is 49.8. The minimum Gasteiger partial charge on any atom is -0.463 e. The number of ether oxygens (including phenoxy) is 13. The van der Waals surface area contributed by atoms with Crippen LogP contribution in [0.25, 0.3) is 0 Å². The Labute approximate surface area is 493 Å². The molecule has 27 nitrogen and oxygen atoms in total. The van der Waals surface area contributed by atoms with Crippen molar-refractivity contribution in [2.24, 2.45) is 46.3 Å². The Morgan fingerprint density at radius 3 is 1.89 bits per heavy atom. The summed E-state index contributed by atoms with van der Waals surface area (Å²) in [6.07, 6.45) is -26.9. The molecule has 0 aromatic rings. The van der Waals surface area contributed by atoms with Gasteiger partial charge in [0.1, 0.15) is 79.9 Å². The normalized spacial score (nSPS) is 50.0. The summed E-state index contributed by atoms with van der Waals surface area (Å²) in [5, 5.41) is 118. The van der Waals surface area contributed by atoms with E-state index >= 15 is 0 Å². The van der Waals surface area contributed by atoms with E-state index in [1.54, 1.807) is 7.11 Å². The Balaban J connectivity index is 0.964. The third kappa shape index (κ3) is 12.7. The second-order valence-electron chi connectivity index (χ2n) is 25.9. The average molecular weight is 1220 g/mol. The summed E-state index contributed by atoms with van der Waals surface area (Å²) < 4.78 is 80.0. The lowest BCUT2D eigenvalue weighted by molar-refractivity contribution is -0.388. The van der Waals surface area contributed by atoms with Crippen LogP contribution in [-0.4, -0.2) is 255 Å². The highest BCUT2D eigenvalue weighted by Crippen LogP contribution is 2.71. The maximum absolute atomic E-state index is 13.2. The molecule has 9 rings (SSSR count). The molecular weight excluding hydrogens is 1130 g/mol. The first-order valence-electron chi connectivity index (χ1n) is 30.1. The van der Waals surface area contributed by atoms with Gasteiger partial charge in [0.05, 0.1) is 44.2 Å². The van der Waals surface area contributed by atoms with E-state index in [0.29, 0.717) is 19.3 Å². The SMILES string of the molecule is CO[C@]1(CC[C@@H](C)CO[C@@H]2O[C@H](CO)[C@@H](O)[C@H](O)[C@H]2O)O[C@H]2C[C@@H]3[C@H]4CC=C5C[C@@H](O)C[C@@H](O[C@@H]6O[C@H](COC(C)=O)[C@H](OC(C)=O)[C@H](OC(C)=O)[C@H]6O[C@@H]6O[C@@H](C)[C@H](O)[C@@H](O[C@@H]7O[C@H](CO)[C@@H](O)[C@H](O)[C@H]7O)[C@H]6O)[C@]5(C)[C@H]4CC[C@]3(C)[C@H]2[C@@H]1C. The monoisotopic (exact) mass is 1220 g/mol. The highest BCUT2D eigenvalue weighted by molar-refractivity contribution is 5.68. The minimum atomic E-state index is -1.98. The van der Waals surface area contributed by atoms with Crippen molar-refractivity contribution in [1.29, 1.82) is 0 Å². The highest BCUT2D eigenvalue weighted by atomic mass is 16.8. The molecule has 8 fully saturated rings. The molecule has 486 valence electrons. The third-order valence-electron chi connectivity index (χ3n) is 20.7. The molecule has 32 atom stereocenters. The Kier molecular flexibility index (Phi) is 20.9. The second-order valence-corrected chi connectivity index (χ2v) is 25.9. The number of allylic oxidation sites excluding steroid dienone is 1. The van der Waals surface area contributed by atoms with Gasteiger partial charge < -0.3 is 118 Å². The van der Waals surface area contributed by atoms with Crippen LogP contribution in [-0.2, 0) is 76.0 Å². The van der Waals surface area contributed by atoms with Gasteiger partial charge in [-0.3, -0.25) is 14.4 Å². The molecule has 85 heavy (non-hydrogen) atoms. The third-order valence-corrected chi connectivity index (χ3v) is 20.7. The standard InChI is InChI=1S/C58H92O27/c1-23(21-75-52-45(70)43(68)41(66)35(19-59)79-52)12-15-58(73-9)24(2)39-34(85-58)18-33-31-11-10-29-16-30(64)17-38(57(29,8)32(31)13-14-56(33,39)7)82-55-51(50(78-28(6)63)48(77-27(5)62)37(81-55)22-74-26(4)61)84-54-47(72)49(40(65)25(3)76-54)83-53-46(71)44(69)42(67)36(20-60)80-53/h10,23-25,30-55,59-60,64-72H,11-22H2,1-9H3/t23-,24+,25+,30-,31+,32+,33-,34+,35-,36-,37-,38-,39+,40+,41-,42-,43+,44+,45-,46-,47-,48+,49-,50+,51-,52-,53+,54+,55+,56+,57+,58-/m1/s1. The van der Waals surface area contributed by atoms with Crippen LogP contribution in [0, 0.1) is 46.3 Å². The molecular formula is C58H92O27. The zero-order chi connectivity index (χ0) is 61.9. The Bertz CT molecular complexity index is 2330. The van der Waals surface area contributed by atoms with Gasteiger partial charge in [-0.05, 0) is 80.5 Å². The molecule has 5 aliphatic heterocycles. The van der Waals surface area contributed by atoms with Gasteiger partial charge >= 0.3 is 17.9 Å². The van der Waals surface area contributed by atoms with Crippen LogP contribution in [0.1, 0.15) is 107 Å². The van der Waals surface area contributed by atoms with Gasteiger partial charge in [-0.15, -0.1) is 0 Å². The molecule has 0 aromatic heterocycles. The number of esters is 3. The number of aliphatic hydroxyl groups is 11. The van der Waals surface area contributed by atoms with Gasteiger partial charge in [0.25, 0.3) is 0 Å². The minimum absolute atomic E-state index is 0.0158. The van der Waals surface area contributed by atoms with Gasteiger partial charge in [0, 0.05) is 52.1 Å². The maximum atomic E-state index is 13.2. The molecule has 4 aliphatic carbocycles. The van der Waals surface area contributed by atoms with E-state index in [9.17, 15) is 70.6 Å². The van der Waals surface area contributed by atoms with Crippen molar-refractivity contribution in [3.05, 3.63) is 11.6 Å². The van der Waals surface area contributed by atoms with E-state index < -0.39 is 184 Å². The fraction of sp³-hybridized carbons (Fsp3) is 0.914. The molecule has 9 aliphatic rings. The van der Waals surface area contributed by atoms with Gasteiger partial charge in [-0.25, -0.2) is 0 Å². The Hall–Kier alpha value is -2.69. The van der Waals surface area contributed by atoms with E-state index in [2.05, 4.69) is 26.8 Å². The predicted octanol–water partition coefficient (Wildman–Crippen LogP) is -1.67. The quantitative estimate of drug-likeness (QED) is 0.0391. The van der Waals surface area contributed by atoms with Crippen molar-refractivity contribution in [2.45, 2.75) is 254 Å². The second kappa shape index (κ2) is 26.6. The van der Waals surface area contributed by atoms with Gasteiger partial charge in [-0.2, -0.15) is 0 Å². The first kappa shape index (κ1) is 66.7. The van der Waals surface area contributed by atoms with Crippen molar-refractivity contribution < 1.29 is 132 Å². The number of fused-ring (bicyclic) bond motifs is 7. The lowest BCUT2D eigenvalue weighted by Crippen LogP contribution is -2.67. The lowest BCUT2D eigenvalue weighted by Gasteiger charge is -2.60. The van der Waals surface area contributed by atoms with Gasteiger partial charge in [0.2, 0.25) is 0 Å². The zero-order valence-electron chi connectivity index (χ0n) is 49.8. The first-order chi connectivity index (χ1) is 40.1. The summed E-state index contributed by atoms with van der Waals surface area (Å²) in [5.41, 5.74) is 0.0158. The number of hydrogen-bond acceptors (Lipinski definition) is 27. The molecule has 0 spiro atoms. The molecule has 5 saturated heterocycles. The summed E-state index contributed by atoms with van der Waals surface area (Å²) in [6.45, 7) is 11.7. The molecule has 0 radical (unpaired) electrons. The molecule has 3 saturated carbocycles. The van der Waals surface area contributed by atoms with Crippen LogP contribution in [0.2, 0.25) is 0 Å². The van der Waals surface area contributed by atoms with Crippen molar-refractivity contribution in [3.8, 4) is 0 Å². The smallest absolute Gasteiger partial charge is 0.303 e. The van der Waals surface area contributed by atoms with E-state index in [-0.39, 0.29) is 60.1 Å². The summed E-state index contributed by atoms with van der Waals surface area (Å²) in [4.78, 5) is 38.5. The Morgan fingerprint density at radius 2 is 1.27 bits per heavy atom. The molecule has 0 amide bonds. The van der Waals surface area contributed by atoms with E-state index in [4.69, 9.17) is 61.6 Å². The maximum Gasteiger partial charge on any atom is 0.303 e. The number of rotatable bonds is 19. The van der Waals surface area contributed by atoms with E-state index in [0.717, 1.165) is 52.0 Å². The predicted molar refractivity (Wildman–Crippen MR) is 285 cm³/mol. The van der Waals surface area contributed by atoms with Crippen molar-refractivity contribution in [3.63, 3.8) is 0 Å². The van der Waals surface area contributed by atoms with Crippen LogP contribution in [0.5, 0.6) is 0 Å². The fourth-order valence-corrected chi connectivity index (χ4v) is 16.2. The lowest BCUT2D eigenvalue weighted by atomic mass is 9.46. The Morgan fingerprint density at radius 1 is 0.671 bits per heavy atom. The fourth-order valence-electron chi connectivity index (χ4n) is 16.2. The number of carbonyl (C=O) groups excluding carboxylic acids is 3. The summed E-state index contributed by atoms with van der Waals surface area (Å²) >= 11 is 0. The molecule has 0 bridgehead atoms. The number of methoxy groups -OCH3 is 1. The van der Waals surface area contributed by atoms with Gasteiger partial charge in [0.15, 0.2) is 49.3 Å². The van der Waals surface area contributed by atoms with Crippen LogP contribution in [0.4, 0.5) is 0 Å². The molecule has 0 aromatic carbocycles. The highest BCUT2D eigenvalue weighted by Gasteiger charge is 2.70. The van der Waals surface area contributed by atoms with Crippen LogP contribution >= 0.6 is 0 Å². The van der Waals surface area contributed by atoms with Crippen molar-refractivity contribution in [2.75, 3.05) is 33.5 Å². The van der Waals surface area contributed by atoms with Gasteiger partial charge in [-0.1, -0.05) is 39.3 Å². The van der Waals surface area contributed by atoms with Crippen LogP contribution < -0.4 is 0 Å². The summed E-state index contributed by atoms with van der Waals surface area (Å²) in [7, 11) is 1.67. The number of hydrogen-bond donors (Lipinski definition) is 11. The number of aliphatic hydroxyl groups excluding tert-OH is 11.